The van der Waals surface area contributed by atoms with E-state index in [0.717, 1.165) is 5.56 Å². The van der Waals surface area contributed by atoms with Gasteiger partial charge in [0.1, 0.15) is 5.82 Å². The Labute approximate surface area is 114 Å². The fraction of sp³-hybridized carbons (Fsp3) is 0.500. The maximum Gasteiger partial charge on any atom is 0.150 e. The number of halogens is 2. The molecule has 1 heterocycles. The van der Waals surface area contributed by atoms with Crippen LogP contribution in [0, 0.1) is 11.7 Å². The Bertz CT molecular complexity index is 544. The summed E-state index contributed by atoms with van der Waals surface area (Å²) in [5, 5.41) is 10.0. The molecule has 1 aromatic carbocycles. The van der Waals surface area contributed by atoms with E-state index in [1.807, 2.05) is 0 Å². The molecule has 1 aliphatic rings. The summed E-state index contributed by atoms with van der Waals surface area (Å²) in [6.07, 6.45) is 0.157. The molecule has 2 rings (SSSR count). The molecule has 1 N–H and O–H groups in total. The summed E-state index contributed by atoms with van der Waals surface area (Å²) < 4.78 is 36.1. The fourth-order valence-corrected chi connectivity index (χ4v) is 4.50. The number of benzene rings is 1. The van der Waals surface area contributed by atoms with E-state index in [2.05, 4.69) is 15.9 Å². The lowest BCUT2D eigenvalue weighted by molar-refractivity contribution is 0.120. The van der Waals surface area contributed by atoms with Crippen LogP contribution in [0.15, 0.2) is 22.7 Å². The zero-order valence-electron chi connectivity index (χ0n) is 9.64. The first-order valence-corrected chi connectivity index (χ1v) is 8.31. The molecule has 3 nitrogen and oxygen atoms in total. The van der Waals surface area contributed by atoms with Gasteiger partial charge in [-0.25, -0.2) is 12.8 Å². The van der Waals surface area contributed by atoms with E-state index in [9.17, 15) is 17.9 Å². The van der Waals surface area contributed by atoms with Crippen molar-refractivity contribution in [3.05, 3.63) is 34.1 Å². The van der Waals surface area contributed by atoms with Gasteiger partial charge in [0.05, 0.1) is 22.1 Å². The maximum atomic E-state index is 13.1. The summed E-state index contributed by atoms with van der Waals surface area (Å²) in [6, 6.07) is 4.55. The van der Waals surface area contributed by atoms with E-state index in [4.69, 9.17) is 0 Å². The smallest absolute Gasteiger partial charge is 0.150 e. The number of hydrogen-bond donors (Lipinski definition) is 1. The van der Waals surface area contributed by atoms with Crippen LogP contribution in [0.4, 0.5) is 4.39 Å². The number of hydrogen-bond acceptors (Lipinski definition) is 3. The van der Waals surface area contributed by atoms with E-state index >= 15 is 0 Å². The van der Waals surface area contributed by atoms with E-state index in [1.54, 1.807) is 12.1 Å². The Morgan fingerprint density at radius 1 is 1.50 bits per heavy atom. The molecular weight excluding hydrogens is 323 g/mol. The second-order valence-corrected chi connectivity index (χ2v) is 7.77. The van der Waals surface area contributed by atoms with Gasteiger partial charge >= 0.3 is 0 Å². The quantitative estimate of drug-likeness (QED) is 0.917. The van der Waals surface area contributed by atoms with Crippen LogP contribution in [0.3, 0.4) is 0 Å². The molecule has 2 unspecified atom stereocenters. The second-order valence-electron chi connectivity index (χ2n) is 4.68. The van der Waals surface area contributed by atoms with Crippen LogP contribution in [0.25, 0.3) is 0 Å². The van der Waals surface area contributed by atoms with Gasteiger partial charge in [0.25, 0.3) is 0 Å². The average Bonchev–Trinajstić information content (AvgIpc) is 2.64. The summed E-state index contributed by atoms with van der Waals surface area (Å²) in [6.45, 7) is 0. The van der Waals surface area contributed by atoms with Crippen LogP contribution in [-0.2, 0) is 16.3 Å². The van der Waals surface area contributed by atoms with Crippen molar-refractivity contribution in [1.29, 1.82) is 0 Å². The van der Waals surface area contributed by atoms with Gasteiger partial charge in [0.2, 0.25) is 0 Å². The van der Waals surface area contributed by atoms with Gasteiger partial charge in [0, 0.05) is 5.92 Å². The Kier molecular flexibility index (Phi) is 4.08. The zero-order chi connectivity index (χ0) is 13.3. The molecular formula is C12H14BrFO3S. The molecule has 0 bridgehead atoms. The van der Waals surface area contributed by atoms with Crippen LogP contribution < -0.4 is 0 Å². The molecule has 0 saturated carbocycles. The number of rotatable bonds is 3. The highest BCUT2D eigenvalue weighted by Crippen LogP contribution is 2.25. The van der Waals surface area contributed by atoms with Crippen molar-refractivity contribution in [2.24, 2.45) is 5.92 Å². The number of aliphatic hydroxyl groups excluding tert-OH is 1. The molecule has 1 fully saturated rings. The first kappa shape index (κ1) is 14.0. The van der Waals surface area contributed by atoms with E-state index in [-0.39, 0.29) is 23.2 Å². The van der Waals surface area contributed by atoms with Gasteiger partial charge < -0.3 is 5.11 Å². The molecule has 0 aliphatic carbocycles. The zero-order valence-corrected chi connectivity index (χ0v) is 12.0. The maximum absolute atomic E-state index is 13.1. The van der Waals surface area contributed by atoms with Crippen LogP contribution in [-0.4, -0.2) is 31.1 Å². The third-order valence-electron chi connectivity index (χ3n) is 3.24. The molecule has 2 atom stereocenters. The minimum atomic E-state index is -2.98. The third-order valence-corrected chi connectivity index (χ3v) is 5.64. The summed E-state index contributed by atoms with van der Waals surface area (Å²) >= 11 is 3.09. The standard InChI is InChI=1S/C12H14BrFO3S/c13-10-5-8(1-2-11(10)14)6-12(15)9-3-4-18(16,17)7-9/h1-2,5,9,12,15H,3-4,6-7H2. The predicted molar refractivity (Wildman–Crippen MR) is 70.6 cm³/mol. The molecule has 0 spiro atoms. The van der Waals surface area contributed by atoms with Crippen molar-refractivity contribution in [1.82, 2.24) is 0 Å². The minimum absolute atomic E-state index is 0.0521. The molecule has 0 radical (unpaired) electrons. The minimum Gasteiger partial charge on any atom is -0.392 e. The van der Waals surface area contributed by atoms with Gasteiger partial charge in [0.15, 0.2) is 9.84 Å². The van der Waals surface area contributed by atoms with Gasteiger partial charge in [-0.2, -0.15) is 0 Å². The predicted octanol–water partition coefficient (Wildman–Crippen LogP) is 1.93. The molecule has 100 valence electrons. The summed E-state index contributed by atoms with van der Waals surface area (Å²) in [5.74, 6) is -0.353. The van der Waals surface area contributed by atoms with Gasteiger partial charge in [-0.3, -0.25) is 0 Å². The van der Waals surface area contributed by atoms with Crippen molar-refractivity contribution in [3.8, 4) is 0 Å². The van der Waals surface area contributed by atoms with Crippen LogP contribution in [0.1, 0.15) is 12.0 Å². The van der Waals surface area contributed by atoms with E-state index in [0.29, 0.717) is 17.3 Å². The Morgan fingerprint density at radius 3 is 2.78 bits per heavy atom. The first-order chi connectivity index (χ1) is 8.37. The summed E-state index contributed by atoms with van der Waals surface area (Å²) in [7, 11) is -2.98. The average molecular weight is 337 g/mol. The molecule has 18 heavy (non-hydrogen) atoms. The van der Waals surface area contributed by atoms with E-state index < -0.39 is 15.9 Å². The fourth-order valence-electron chi connectivity index (χ4n) is 2.20. The van der Waals surface area contributed by atoms with Gasteiger partial charge in [-0.15, -0.1) is 0 Å². The lowest BCUT2D eigenvalue weighted by Gasteiger charge is -2.16. The van der Waals surface area contributed by atoms with E-state index in [1.165, 1.54) is 6.07 Å². The normalized spacial score (nSPS) is 24.1. The van der Waals surface area contributed by atoms with Crippen LogP contribution >= 0.6 is 15.9 Å². The van der Waals surface area contributed by atoms with Crippen molar-refractivity contribution in [2.75, 3.05) is 11.5 Å². The SMILES string of the molecule is O=S1(=O)CCC(C(O)Cc2ccc(F)c(Br)c2)C1. The van der Waals surface area contributed by atoms with Gasteiger partial charge in [-0.1, -0.05) is 6.07 Å². The highest BCUT2D eigenvalue weighted by atomic mass is 79.9. The molecule has 0 aromatic heterocycles. The largest absolute Gasteiger partial charge is 0.392 e. The molecule has 1 saturated heterocycles. The highest BCUT2D eigenvalue weighted by Gasteiger charge is 2.32. The van der Waals surface area contributed by atoms with Crippen molar-refractivity contribution in [3.63, 3.8) is 0 Å². The van der Waals surface area contributed by atoms with Crippen molar-refractivity contribution >= 4 is 25.8 Å². The van der Waals surface area contributed by atoms with Crippen molar-refractivity contribution in [2.45, 2.75) is 18.9 Å². The second kappa shape index (κ2) is 5.27. The number of aliphatic hydroxyl groups is 1. The third kappa shape index (κ3) is 3.30. The molecule has 1 aliphatic heterocycles. The monoisotopic (exact) mass is 336 g/mol. The lowest BCUT2D eigenvalue weighted by atomic mass is 9.96. The van der Waals surface area contributed by atoms with Crippen LogP contribution in [0.5, 0.6) is 0 Å². The highest BCUT2D eigenvalue weighted by molar-refractivity contribution is 9.10. The Morgan fingerprint density at radius 2 is 2.22 bits per heavy atom. The van der Waals surface area contributed by atoms with Crippen LogP contribution in [0.2, 0.25) is 0 Å². The summed E-state index contributed by atoms with van der Waals surface area (Å²) in [4.78, 5) is 0. The number of sulfone groups is 1. The topological polar surface area (TPSA) is 54.4 Å². The van der Waals surface area contributed by atoms with Gasteiger partial charge in [-0.05, 0) is 46.5 Å². The van der Waals surface area contributed by atoms with Crippen molar-refractivity contribution < 1.29 is 17.9 Å². The first-order valence-electron chi connectivity index (χ1n) is 5.70. The molecule has 0 amide bonds. The lowest BCUT2D eigenvalue weighted by Crippen LogP contribution is -2.23. The Hall–Kier alpha value is -0.460. The molecule has 6 heteroatoms. The summed E-state index contributed by atoms with van der Waals surface area (Å²) in [5.41, 5.74) is 0.792. The Balaban J connectivity index is 2.03. The molecule has 1 aromatic rings.